The van der Waals surface area contributed by atoms with Crippen molar-refractivity contribution in [3.63, 3.8) is 0 Å². The normalized spacial score (nSPS) is 13.6. The molecule has 30 heavy (non-hydrogen) atoms. The van der Waals surface area contributed by atoms with Crippen molar-refractivity contribution in [2.75, 3.05) is 0 Å². The van der Waals surface area contributed by atoms with Crippen LogP contribution in [0.15, 0.2) is 42.5 Å². The lowest BCUT2D eigenvalue weighted by molar-refractivity contribution is -0.0545. The van der Waals surface area contributed by atoms with Gasteiger partial charge in [-0.3, -0.25) is 0 Å². The van der Waals surface area contributed by atoms with Gasteiger partial charge in [0.15, 0.2) is 0 Å². The van der Waals surface area contributed by atoms with E-state index in [1.54, 1.807) is 0 Å². The van der Waals surface area contributed by atoms with E-state index in [-0.39, 0.29) is 16.4 Å². The third kappa shape index (κ3) is 3.63. The van der Waals surface area contributed by atoms with Crippen LogP contribution in [0, 0.1) is 0 Å². The maximum absolute atomic E-state index is 5.93. The molecule has 0 bridgehead atoms. The van der Waals surface area contributed by atoms with E-state index in [0.29, 0.717) is 0 Å². The Balaban J connectivity index is 2.08. The summed E-state index contributed by atoms with van der Waals surface area (Å²) in [6.07, 6.45) is 0. The van der Waals surface area contributed by atoms with E-state index < -0.39 is 0 Å². The largest absolute Gasteiger partial charge is 0.246 e. The summed E-state index contributed by atoms with van der Waals surface area (Å²) in [5, 5.41) is 7.64. The van der Waals surface area contributed by atoms with Gasteiger partial charge < -0.3 is 0 Å². The summed E-state index contributed by atoms with van der Waals surface area (Å²) in [5.41, 5.74) is 7.99. The maximum Gasteiger partial charge on any atom is 0.102 e. The van der Waals surface area contributed by atoms with Crippen molar-refractivity contribution in [2.45, 2.75) is 78.7 Å². The summed E-state index contributed by atoms with van der Waals surface area (Å²) in [4.78, 5) is 5.93. The Bertz CT molecular complexity index is 1210. The zero-order valence-electron chi connectivity index (χ0n) is 19.9. The van der Waals surface area contributed by atoms with Crippen molar-refractivity contribution in [1.29, 1.82) is 0 Å². The second-order valence-corrected chi connectivity index (χ2v) is 11.6. The molecule has 4 aromatic rings. The van der Waals surface area contributed by atoms with Crippen LogP contribution < -0.4 is 5.48 Å². The van der Waals surface area contributed by atoms with E-state index in [1.165, 1.54) is 43.4 Å². The van der Waals surface area contributed by atoms with Gasteiger partial charge in [0, 0.05) is 5.39 Å². The molecule has 2 nitrogen and oxygen atoms in total. The Labute approximate surface area is 180 Å². The van der Waals surface area contributed by atoms with E-state index in [9.17, 15) is 0 Å². The van der Waals surface area contributed by atoms with Crippen molar-refractivity contribution in [1.82, 2.24) is 5.48 Å². The first kappa shape index (κ1) is 20.9. The van der Waals surface area contributed by atoms with Gasteiger partial charge in [-0.25, -0.2) is 4.84 Å². The van der Waals surface area contributed by atoms with Gasteiger partial charge in [0.25, 0.3) is 0 Å². The van der Waals surface area contributed by atoms with Crippen LogP contribution in [0.5, 0.6) is 0 Å². The molecule has 0 saturated heterocycles. The van der Waals surface area contributed by atoms with Crippen molar-refractivity contribution in [2.24, 2.45) is 0 Å². The van der Waals surface area contributed by atoms with Gasteiger partial charge in [0.1, 0.15) is 5.69 Å². The van der Waals surface area contributed by atoms with Gasteiger partial charge in [-0.05, 0) is 75.7 Å². The standard InChI is InChI=1S/C28H34NO/c1-26(2,3)20-14-17-10-11-19-16-22(27(4,5)6)25(29-30-28(7,8)9)21-13-12-18(15-20)23(17)24(19)21/h10-16H,1-9H3. The number of rotatable bonds is 2. The van der Waals surface area contributed by atoms with Crippen LogP contribution in [-0.4, -0.2) is 5.60 Å². The van der Waals surface area contributed by atoms with Crippen molar-refractivity contribution < 1.29 is 4.84 Å². The zero-order valence-corrected chi connectivity index (χ0v) is 19.9. The van der Waals surface area contributed by atoms with E-state index >= 15 is 0 Å². The van der Waals surface area contributed by atoms with Crippen LogP contribution in [-0.2, 0) is 15.7 Å². The number of benzene rings is 4. The first-order valence-corrected chi connectivity index (χ1v) is 10.9. The van der Waals surface area contributed by atoms with E-state index in [2.05, 4.69) is 84.0 Å². The number of hydrogen-bond donors (Lipinski definition) is 0. The minimum Gasteiger partial charge on any atom is -0.246 e. The molecular weight excluding hydrogens is 366 g/mol. The molecule has 4 aromatic carbocycles. The average Bonchev–Trinajstić information content (AvgIpc) is 2.61. The number of hydrogen-bond acceptors (Lipinski definition) is 1. The Kier molecular flexibility index (Phi) is 4.60. The van der Waals surface area contributed by atoms with Crippen LogP contribution in [0.1, 0.15) is 73.4 Å². The van der Waals surface area contributed by atoms with Gasteiger partial charge in [-0.15, -0.1) is 5.48 Å². The van der Waals surface area contributed by atoms with E-state index in [4.69, 9.17) is 10.3 Å². The minimum absolute atomic E-state index is 0.0378. The Morgan fingerprint density at radius 1 is 0.633 bits per heavy atom. The topological polar surface area (TPSA) is 23.3 Å². The second-order valence-electron chi connectivity index (χ2n) is 11.6. The van der Waals surface area contributed by atoms with Gasteiger partial charge in [0.2, 0.25) is 0 Å². The summed E-state index contributed by atoms with van der Waals surface area (Å²) < 4.78 is 0. The third-order valence-corrected chi connectivity index (χ3v) is 5.77. The fourth-order valence-corrected chi connectivity index (χ4v) is 4.17. The molecule has 4 rings (SSSR count). The molecule has 0 saturated carbocycles. The molecule has 0 heterocycles. The third-order valence-electron chi connectivity index (χ3n) is 5.77. The first-order chi connectivity index (χ1) is 13.8. The maximum atomic E-state index is 5.93. The fourth-order valence-electron chi connectivity index (χ4n) is 4.17. The summed E-state index contributed by atoms with van der Waals surface area (Å²) in [6, 6.07) is 16.0. The lowest BCUT2D eigenvalue weighted by Crippen LogP contribution is -2.24. The molecule has 0 aliphatic heterocycles. The molecule has 0 spiro atoms. The minimum atomic E-state index is -0.333. The average molecular weight is 401 g/mol. The summed E-state index contributed by atoms with van der Waals surface area (Å²) >= 11 is 0. The molecule has 0 amide bonds. The SMILES string of the molecule is CC(C)(C)O[N]c1c(C(C)(C)C)cc2ccc3cc(C(C)(C)C)cc4ccc1c2c34. The first-order valence-electron chi connectivity index (χ1n) is 10.9. The van der Waals surface area contributed by atoms with E-state index in [0.717, 1.165) is 5.69 Å². The second kappa shape index (κ2) is 6.59. The summed E-state index contributed by atoms with van der Waals surface area (Å²) in [7, 11) is 0. The van der Waals surface area contributed by atoms with Gasteiger partial charge in [-0.1, -0.05) is 77.9 Å². The highest BCUT2D eigenvalue weighted by Crippen LogP contribution is 2.44. The van der Waals surface area contributed by atoms with Crippen molar-refractivity contribution >= 4 is 38.0 Å². The van der Waals surface area contributed by atoms with Crippen LogP contribution in [0.3, 0.4) is 0 Å². The molecule has 0 N–H and O–H groups in total. The molecule has 0 atom stereocenters. The molecule has 1 radical (unpaired) electrons. The molecule has 0 fully saturated rings. The predicted octanol–water partition coefficient (Wildman–Crippen LogP) is 8.15. The summed E-state index contributed by atoms with van der Waals surface area (Å²) in [6.45, 7) is 19.7. The molecule has 0 aromatic heterocycles. The van der Waals surface area contributed by atoms with Crippen LogP contribution in [0.25, 0.3) is 32.3 Å². The van der Waals surface area contributed by atoms with Crippen LogP contribution >= 0.6 is 0 Å². The highest BCUT2D eigenvalue weighted by molar-refractivity contribution is 6.25. The van der Waals surface area contributed by atoms with Gasteiger partial charge >= 0.3 is 0 Å². The number of nitrogens with zero attached hydrogens (tertiary/aromatic N) is 1. The zero-order chi connectivity index (χ0) is 22.1. The van der Waals surface area contributed by atoms with Gasteiger partial charge in [-0.2, -0.15) is 0 Å². The molecule has 0 aliphatic carbocycles. The summed E-state index contributed by atoms with van der Waals surface area (Å²) in [5.74, 6) is 0. The lowest BCUT2D eigenvalue weighted by Gasteiger charge is -2.27. The molecule has 0 unspecified atom stereocenters. The van der Waals surface area contributed by atoms with Crippen molar-refractivity contribution in [3.8, 4) is 0 Å². The Morgan fingerprint density at radius 2 is 1.17 bits per heavy atom. The van der Waals surface area contributed by atoms with Crippen LogP contribution in [0.2, 0.25) is 0 Å². The molecular formula is C28H34NO. The smallest absolute Gasteiger partial charge is 0.102 e. The Hall–Kier alpha value is -2.32. The molecule has 2 heteroatoms. The van der Waals surface area contributed by atoms with Gasteiger partial charge in [0.05, 0.1) is 5.60 Å². The highest BCUT2D eigenvalue weighted by Gasteiger charge is 2.25. The fraction of sp³-hybridized carbons (Fsp3) is 0.429. The lowest BCUT2D eigenvalue weighted by atomic mass is 9.80. The van der Waals surface area contributed by atoms with E-state index in [1.807, 2.05) is 20.8 Å². The quantitative estimate of drug-likeness (QED) is 0.246. The Morgan fingerprint density at radius 3 is 1.67 bits per heavy atom. The van der Waals surface area contributed by atoms with Crippen LogP contribution in [0.4, 0.5) is 5.69 Å². The monoisotopic (exact) mass is 400 g/mol. The molecule has 0 aliphatic rings. The molecule has 157 valence electrons. The highest BCUT2D eigenvalue weighted by atomic mass is 16.7. The van der Waals surface area contributed by atoms with Crippen molar-refractivity contribution in [3.05, 3.63) is 53.6 Å². The predicted molar refractivity (Wildman–Crippen MR) is 130 cm³/mol.